The molecule has 2 unspecified atom stereocenters. The molecule has 29 heavy (non-hydrogen) atoms. The van der Waals surface area contributed by atoms with Crippen LogP contribution < -0.4 is 10.6 Å². The zero-order valence-corrected chi connectivity index (χ0v) is 21.1. The Hall–Kier alpha value is -0.910. The minimum Gasteiger partial charge on any atom is -0.450 e. The van der Waals surface area contributed by atoms with Gasteiger partial charge in [0, 0.05) is 44.5 Å². The van der Waals surface area contributed by atoms with Crippen molar-refractivity contribution >= 4 is 53.7 Å². The highest BCUT2D eigenvalue weighted by Gasteiger charge is 2.27. The topological polar surface area (TPSA) is 86.3 Å². The van der Waals surface area contributed by atoms with Gasteiger partial charge in [0.15, 0.2) is 5.96 Å². The van der Waals surface area contributed by atoms with Crippen LogP contribution in [0.25, 0.3) is 0 Å². The minimum absolute atomic E-state index is 0. The summed E-state index contributed by atoms with van der Waals surface area (Å²) < 4.78 is 5.08. The first-order valence-electron chi connectivity index (χ1n) is 10.1. The van der Waals surface area contributed by atoms with Crippen LogP contribution in [0.1, 0.15) is 39.0 Å². The molecule has 0 bridgehead atoms. The van der Waals surface area contributed by atoms with Crippen LogP contribution in [0.5, 0.6) is 0 Å². The van der Waals surface area contributed by atoms with E-state index in [4.69, 9.17) is 4.74 Å². The maximum atomic E-state index is 12.0. The summed E-state index contributed by atoms with van der Waals surface area (Å²) in [4.78, 5) is 31.7. The number of hydrogen-bond donors (Lipinski definition) is 2. The van der Waals surface area contributed by atoms with Crippen LogP contribution in [-0.2, 0) is 9.53 Å². The number of ether oxygens (including phenoxy) is 1. The van der Waals surface area contributed by atoms with E-state index in [9.17, 15) is 9.59 Å². The molecule has 2 atom stereocenters. The Balaban J connectivity index is 0.00000420. The van der Waals surface area contributed by atoms with E-state index in [1.807, 2.05) is 18.7 Å². The summed E-state index contributed by atoms with van der Waals surface area (Å²) in [6, 6.07) is 0.613. The third-order valence-electron chi connectivity index (χ3n) is 5.29. The molecule has 1 saturated heterocycles. The summed E-state index contributed by atoms with van der Waals surface area (Å²) >= 11 is 1.92. The summed E-state index contributed by atoms with van der Waals surface area (Å²) in [5.41, 5.74) is 0. The molecular weight excluding hydrogens is 505 g/mol. The molecule has 2 amide bonds. The van der Waals surface area contributed by atoms with Crippen LogP contribution in [0.3, 0.4) is 0 Å². The van der Waals surface area contributed by atoms with E-state index in [0.717, 1.165) is 25.7 Å². The van der Waals surface area contributed by atoms with Crippen molar-refractivity contribution in [1.82, 2.24) is 20.4 Å². The fourth-order valence-corrected chi connectivity index (χ4v) is 4.31. The number of hydrogen-bond acceptors (Lipinski definition) is 5. The molecular formula is C19H36IN5O3S. The van der Waals surface area contributed by atoms with Crippen LogP contribution in [0.4, 0.5) is 4.79 Å². The zero-order valence-electron chi connectivity index (χ0n) is 18.0. The number of carbonyl (C=O) groups is 2. The molecule has 168 valence electrons. The second kappa shape index (κ2) is 13.4. The van der Waals surface area contributed by atoms with E-state index in [0.29, 0.717) is 36.9 Å². The van der Waals surface area contributed by atoms with Gasteiger partial charge in [-0.2, -0.15) is 11.8 Å². The van der Waals surface area contributed by atoms with Gasteiger partial charge in [0.05, 0.1) is 6.61 Å². The van der Waals surface area contributed by atoms with E-state index in [2.05, 4.69) is 21.9 Å². The number of piperidine rings is 1. The monoisotopic (exact) mass is 541 g/mol. The fraction of sp³-hybridized carbons (Fsp3) is 0.842. The van der Waals surface area contributed by atoms with E-state index < -0.39 is 0 Å². The Morgan fingerprint density at radius 2 is 1.79 bits per heavy atom. The molecule has 2 rings (SSSR count). The number of guanidine groups is 1. The number of aliphatic imine (C=N–C) groups is 1. The number of carbonyl (C=O) groups excluding carboxylic acids is 2. The van der Waals surface area contributed by atoms with Crippen molar-refractivity contribution < 1.29 is 14.3 Å². The highest BCUT2D eigenvalue weighted by molar-refractivity contribution is 14.0. The number of rotatable bonds is 6. The lowest BCUT2D eigenvalue weighted by molar-refractivity contribution is -0.127. The van der Waals surface area contributed by atoms with Crippen molar-refractivity contribution in [2.24, 2.45) is 4.99 Å². The van der Waals surface area contributed by atoms with Crippen LogP contribution in [-0.4, -0.2) is 91.7 Å². The predicted molar refractivity (Wildman–Crippen MR) is 129 cm³/mol. The first-order chi connectivity index (χ1) is 13.4. The third-order valence-corrected chi connectivity index (χ3v) is 6.39. The van der Waals surface area contributed by atoms with E-state index in [1.54, 1.807) is 23.9 Å². The van der Waals surface area contributed by atoms with E-state index >= 15 is 0 Å². The Morgan fingerprint density at radius 1 is 1.14 bits per heavy atom. The Labute approximate surface area is 196 Å². The second-order valence-electron chi connectivity index (χ2n) is 7.57. The summed E-state index contributed by atoms with van der Waals surface area (Å²) in [7, 11) is 3.48. The highest BCUT2D eigenvalue weighted by Crippen LogP contribution is 2.28. The van der Waals surface area contributed by atoms with Gasteiger partial charge >= 0.3 is 6.09 Å². The standard InChI is InChI=1S/C19H35N5O3S.HI/c1-5-27-19(26)24-10-8-14(9-11-24)21-18(20-13-17(25)23(2)3)22-15-6-7-16(12-15)28-4;/h14-16H,5-13H2,1-4H3,(H2,20,21,22);1H. The van der Waals surface area contributed by atoms with Crippen molar-refractivity contribution in [2.75, 3.05) is 46.6 Å². The second-order valence-corrected chi connectivity index (χ2v) is 8.71. The molecule has 1 heterocycles. The van der Waals surface area contributed by atoms with Gasteiger partial charge in [-0.3, -0.25) is 4.79 Å². The maximum Gasteiger partial charge on any atom is 0.409 e. The average molecular weight is 542 g/mol. The molecule has 0 spiro atoms. The Kier molecular flexibility index (Phi) is 12.1. The van der Waals surface area contributed by atoms with Crippen molar-refractivity contribution in [1.29, 1.82) is 0 Å². The fourth-order valence-electron chi connectivity index (χ4n) is 3.51. The Bertz CT molecular complexity index is 556. The molecule has 1 saturated carbocycles. The summed E-state index contributed by atoms with van der Waals surface area (Å²) in [5.74, 6) is 0.684. The predicted octanol–water partition coefficient (Wildman–Crippen LogP) is 2.13. The average Bonchev–Trinajstić information content (AvgIpc) is 3.14. The molecule has 0 aromatic carbocycles. The maximum absolute atomic E-state index is 12.0. The minimum atomic E-state index is -0.237. The van der Waals surface area contributed by atoms with E-state index in [1.165, 1.54) is 6.42 Å². The quantitative estimate of drug-likeness (QED) is 0.305. The number of thioether (sulfide) groups is 1. The molecule has 8 nitrogen and oxygen atoms in total. The van der Waals surface area contributed by atoms with Crippen LogP contribution in [0.15, 0.2) is 4.99 Å². The smallest absolute Gasteiger partial charge is 0.409 e. The van der Waals surface area contributed by atoms with Crippen molar-refractivity contribution in [3.05, 3.63) is 0 Å². The van der Waals surface area contributed by atoms with Gasteiger partial charge in [-0.25, -0.2) is 9.79 Å². The van der Waals surface area contributed by atoms with Gasteiger partial charge in [-0.1, -0.05) is 0 Å². The first kappa shape index (κ1) is 26.1. The number of nitrogens with one attached hydrogen (secondary N) is 2. The number of likely N-dealkylation sites (N-methyl/N-ethyl adjacent to an activating group) is 1. The molecule has 2 aliphatic rings. The van der Waals surface area contributed by atoms with Crippen molar-refractivity contribution in [3.8, 4) is 0 Å². The van der Waals surface area contributed by atoms with Gasteiger partial charge < -0.3 is 25.2 Å². The van der Waals surface area contributed by atoms with Gasteiger partial charge in [0.2, 0.25) is 5.91 Å². The van der Waals surface area contributed by atoms with Gasteiger partial charge in [-0.15, -0.1) is 24.0 Å². The first-order valence-corrected chi connectivity index (χ1v) is 11.4. The molecule has 1 aliphatic carbocycles. The number of nitrogens with zero attached hydrogens (tertiary/aromatic N) is 3. The van der Waals surface area contributed by atoms with Crippen LogP contribution >= 0.6 is 35.7 Å². The van der Waals surface area contributed by atoms with Gasteiger partial charge in [0.1, 0.15) is 6.54 Å². The SMILES string of the molecule is CCOC(=O)N1CCC(NC(=NCC(=O)N(C)C)NC2CCC(SC)C2)CC1.I. The molecule has 10 heteroatoms. The summed E-state index contributed by atoms with van der Waals surface area (Å²) in [6.45, 7) is 3.68. The summed E-state index contributed by atoms with van der Waals surface area (Å²) in [5, 5.41) is 7.70. The highest BCUT2D eigenvalue weighted by atomic mass is 127. The lowest BCUT2D eigenvalue weighted by Crippen LogP contribution is -2.51. The normalized spacial score (nSPS) is 22.6. The number of likely N-dealkylation sites (tertiary alicyclic amines) is 1. The molecule has 0 radical (unpaired) electrons. The van der Waals surface area contributed by atoms with Gasteiger partial charge in [-0.05, 0) is 45.3 Å². The molecule has 0 aromatic rings. The zero-order chi connectivity index (χ0) is 20.5. The third kappa shape index (κ3) is 8.77. The van der Waals surface area contributed by atoms with Crippen molar-refractivity contribution in [3.63, 3.8) is 0 Å². The molecule has 2 fully saturated rings. The van der Waals surface area contributed by atoms with Crippen LogP contribution in [0, 0.1) is 0 Å². The molecule has 0 aromatic heterocycles. The molecule has 2 N–H and O–H groups in total. The largest absolute Gasteiger partial charge is 0.450 e. The van der Waals surface area contributed by atoms with Crippen molar-refractivity contribution in [2.45, 2.75) is 56.4 Å². The molecule has 1 aliphatic heterocycles. The number of amides is 2. The Morgan fingerprint density at radius 3 is 2.34 bits per heavy atom. The van der Waals surface area contributed by atoms with E-state index in [-0.39, 0.29) is 48.6 Å². The lowest BCUT2D eigenvalue weighted by Gasteiger charge is -2.33. The van der Waals surface area contributed by atoms with Gasteiger partial charge in [0.25, 0.3) is 0 Å². The number of halogens is 1. The lowest BCUT2D eigenvalue weighted by atomic mass is 10.1. The summed E-state index contributed by atoms with van der Waals surface area (Å²) in [6.07, 6.45) is 7.03. The van der Waals surface area contributed by atoms with Crippen LogP contribution in [0.2, 0.25) is 0 Å².